The molecule has 0 saturated carbocycles. The Bertz CT molecular complexity index is 1310. The quantitative estimate of drug-likeness (QED) is 0.349. The summed E-state index contributed by atoms with van der Waals surface area (Å²) in [7, 11) is 0. The van der Waals surface area contributed by atoms with Crippen LogP contribution in [0.3, 0.4) is 0 Å². The summed E-state index contributed by atoms with van der Waals surface area (Å²) in [6.07, 6.45) is 12.0. The summed E-state index contributed by atoms with van der Waals surface area (Å²) < 4.78 is 0. The highest BCUT2D eigenvalue weighted by Crippen LogP contribution is 2.27. The molecule has 4 nitrogen and oxygen atoms in total. The highest BCUT2D eigenvalue weighted by atomic mass is 14.8. The lowest BCUT2D eigenvalue weighted by Gasteiger charge is -2.12. The van der Waals surface area contributed by atoms with Crippen molar-refractivity contribution in [3.8, 4) is 0 Å². The van der Waals surface area contributed by atoms with E-state index < -0.39 is 0 Å². The predicted octanol–water partition coefficient (Wildman–Crippen LogP) is 6.16. The van der Waals surface area contributed by atoms with Crippen molar-refractivity contribution in [2.45, 2.75) is 53.4 Å². The van der Waals surface area contributed by atoms with E-state index in [1.807, 2.05) is 0 Å². The van der Waals surface area contributed by atoms with Gasteiger partial charge in [-0.2, -0.15) is 0 Å². The number of hydrogen-bond donors (Lipinski definition) is 0. The molecule has 3 aromatic heterocycles. The largest absolute Gasteiger partial charge is 0.657 e. The predicted molar refractivity (Wildman–Crippen MR) is 134 cm³/mol. The van der Waals surface area contributed by atoms with Crippen LogP contribution in [0.2, 0.25) is 0 Å². The van der Waals surface area contributed by atoms with Gasteiger partial charge in [0.1, 0.15) is 0 Å². The number of aryl methyl sites for hydroxylation is 3. The average Bonchev–Trinajstić information content (AvgIpc) is 3.59. The Balaban J connectivity index is 1.98. The highest BCUT2D eigenvalue weighted by Gasteiger charge is 2.12. The van der Waals surface area contributed by atoms with Crippen LogP contribution in [-0.2, 0) is 25.7 Å². The Morgan fingerprint density at radius 1 is 0.469 bits per heavy atom. The van der Waals surface area contributed by atoms with Crippen LogP contribution in [0.25, 0.3) is 46.4 Å². The molecule has 4 heteroatoms. The Labute approximate surface area is 189 Å². The second kappa shape index (κ2) is 8.27. The van der Waals surface area contributed by atoms with Crippen molar-refractivity contribution in [1.82, 2.24) is 19.9 Å². The van der Waals surface area contributed by atoms with E-state index in [1.165, 1.54) is 22.3 Å². The maximum absolute atomic E-state index is 5.02. The van der Waals surface area contributed by atoms with Crippen LogP contribution in [0.15, 0.2) is 24.3 Å². The first-order valence-corrected chi connectivity index (χ1v) is 11.7. The van der Waals surface area contributed by atoms with E-state index in [4.69, 9.17) is 19.9 Å². The van der Waals surface area contributed by atoms with Crippen LogP contribution >= 0.6 is 0 Å². The van der Waals surface area contributed by atoms with Gasteiger partial charge in [-0.1, -0.05) is 57.5 Å². The summed E-state index contributed by atoms with van der Waals surface area (Å²) in [5.41, 5.74) is 12.7. The normalized spacial score (nSPS) is 12.6. The Hall–Kier alpha value is -3.40. The minimum atomic E-state index is 0.877. The smallest absolute Gasteiger partial charge is 0.0691 e. The van der Waals surface area contributed by atoms with Gasteiger partial charge in [0, 0.05) is 5.56 Å². The third-order valence-electron chi connectivity index (χ3n) is 6.45. The third-order valence-corrected chi connectivity index (χ3v) is 6.45. The molecule has 8 bridgehead atoms. The zero-order valence-electron chi connectivity index (χ0n) is 19.2. The molecule has 0 N–H and O–H groups in total. The fraction of sp³-hybridized carbons (Fsp3) is 0.286. The molecule has 2 aliphatic heterocycles. The van der Waals surface area contributed by atoms with E-state index in [9.17, 15) is 0 Å². The number of nitrogens with zero attached hydrogens (tertiary/aromatic N) is 4. The summed E-state index contributed by atoms with van der Waals surface area (Å²) in [5, 5.41) is 0. The summed E-state index contributed by atoms with van der Waals surface area (Å²) in [4.78, 5) is 20.1. The number of hydrogen-bond acceptors (Lipinski definition) is 2. The Kier molecular flexibility index (Phi) is 5.30. The van der Waals surface area contributed by atoms with Gasteiger partial charge in [0.15, 0.2) is 0 Å². The monoisotopic (exact) mass is 420 g/mol. The SMILES string of the molecule is CCc1c2nc(c(CC)c3ccc([n-]3)c(CC)c3ccc([n-]3)c(CC)c3nc1C=C3)C=C2. The molecular weight excluding hydrogens is 392 g/mol. The summed E-state index contributed by atoms with van der Waals surface area (Å²) in [6.45, 7) is 8.68. The van der Waals surface area contributed by atoms with Crippen molar-refractivity contribution >= 4 is 46.4 Å². The molecule has 0 amide bonds. The lowest BCUT2D eigenvalue weighted by Crippen LogP contribution is -1.94. The van der Waals surface area contributed by atoms with Crippen LogP contribution in [0.4, 0.5) is 0 Å². The van der Waals surface area contributed by atoms with E-state index in [0.717, 1.165) is 70.5 Å². The maximum Gasteiger partial charge on any atom is 0.0691 e. The standard InChI is InChI=1S/C28H28N4/c1-5-17-21-9-11-23(29-21)18(6-2)25-13-15-27(31-25)20(8-4)28-16-14-26(32-28)19(7-3)24-12-10-22(17)30-24/h9-16H,5-8H2,1-4H3/q-2. The van der Waals surface area contributed by atoms with Gasteiger partial charge in [0.05, 0.1) is 22.8 Å². The van der Waals surface area contributed by atoms with E-state index in [0.29, 0.717) is 0 Å². The highest BCUT2D eigenvalue weighted by molar-refractivity contribution is 5.83. The van der Waals surface area contributed by atoms with Gasteiger partial charge in [0.2, 0.25) is 0 Å². The molecule has 162 valence electrons. The molecule has 0 radical (unpaired) electrons. The van der Waals surface area contributed by atoms with Gasteiger partial charge in [-0.3, -0.25) is 0 Å². The first-order valence-electron chi connectivity index (χ1n) is 11.7. The van der Waals surface area contributed by atoms with Crippen molar-refractivity contribution in [3.63, 3.8) is 0 Å². The van der Waals surface area contributed by atoms with Gasteiger partial charge in [-0.25, -0.2) is 9.97 Å². The van der Waals surface area contributed by atoms with Gasteiger partial charge in [-0.05, 0) is 61.1 Å². The average molecular weight is 421 g/mol. The third kappa shape index (κ3) is 3.31. The van der Waals surface area contributed by atoms with Gasteiger partial charge in [-0.15, -0.1) is 22.1 Å². The number of rotatable bonds is 4. The van der Waals surface area contributed by atoms with Gasteiger partial charge >= 0.3 is 0 Å². The van der Waals surface area contributed by atoms with E-state index in [-0.39, 0.29) is 0 Å². The molecule has 0 aliphatic carbocycles. The van der Waals surface area contributed by atoms with Crippen molar-refractivity contribution < 1.29 is 0 Å². The Morgan fingerprint density at radius 2 is 0.781 bits per heavy atom. The van der Waals surface area contributed by atoms with Crippen molar-refractivity contribution in [1.29, 1.82) is 0 Å². The minimum absolute atomic E-state index is 0.877. The summed E-state index contributed by atoms with van der Waals surface area (Å²) >= 11 is 0. The Morgan fingerprint density at radius 3 is 1.12 bits per heavy atom. The number of fused-ring (bicyclic) bond motifs is 8. The summed E-state index contributed by atoms with van der Waals surface area (Å²) in [5.74, 6) is 0. The van der Waals surface area contributed by atoms with Crippen molar-refractivity contribution in [2.75, 3.05) is 0 Å². The van der Waals surface area contributed by atoms with E-state index in [1.54, 1.807) is 0 Å². The van der Waals surface area contributed by atoms with Crippen LogP contribution in [0.5, 0.6) is 0 Å². The topological polar surface area (TPSA) is 54.0 Å². The molecule has 2 aliphatic rings. The zero-order valence-corrected chi connectivity index (χ0v) is 19.2. The molecule has 0 spiro atoms. The molecule has 32 heavy (non-hydrogen) atoms. The molecular formula is C28H28N4-2. The molecule has 0 saturated heterocycles. The van der Waals surface area contributed by atoms with Crippen LogP contribution in [0.1, 0.15) is 72.7 Å². The molecule has 5 heterocycles. The van der Waals surface area contributed by atoms with E-state index >= 15 is 0 Å². The fourth-order valence-electron chi connectivity index (χ4n) is 4.77. The first-order chi connectivity index (χ1) is 15.7. The van der Waals surface area contributed by atoms with Gasteiger partial charge in [0.25, 0.3) is 0 Å². The molecule has 0 fully saturated rings. The first kappa shape index (κ1) is 20.5. The second-order valence-electron chi connectivity index (χ2n) is 8.19. The van der Waals surface area contributed by atoms with Gasteiger partial charge < -0.3 is 9.97 Å². The second-order valence-corrected chi connectivity index (χ2v) is 8.19. The zero-order chi connectivity index (χ0) is 22.2. The molecule has 3 aromatic rings. The molecule has 5 rings (SSSR count). The van der Waals surface area contributed by atoms with Crippen LogP contribution in [-0.4, -0.2) is 9.97 Å². The van der Waals surface area contributed by atoms with Crippen molar-refractivity contribution in [3.05, 3.63) is 69.3 Å². The minimum Gasteiger partial charge on any atom is -0.657 e. The van der Waals surface area contributed by atoms with Crippen LogP contribution in [0, 0.1) is 0 Å². The number of aromatic nitrogens is 4. The molecule has 0 unspecified atom stereocenters. The fourth-order valence-corrected chi connectivity index (χ4v) is 4.77. The van der Waals surface area contributed by atoms with Crippen molar-refractivity contribution in [2.24, 2.45) is 0 Å². The summed E-state index contributed by atoms with van der Waals surface area (Å²) in [6, 6.07) is 8.50. The van der Waals surface area contributed by atoms with E-state index in [2.05, 4.69) is 76.3 Å². The van der Waals surface area contributed by atoms with Crippen LogP contribution < -0.4 is 9.97 Å². The maximum atomic E-state index is 5.02. The lowest BCUT2D eigenvalue weighted by molar-refractivity contribution is 1.05. The molecule has 0 aromatic carbocycles. The molecule has 0 atom stereocenters. The lowest BCUT2D eigenvalue weighted by atomic mass is 10.1.